The van der Waals surface area contributed by atoms with E-state index < -0.39 is 0 Å². The van der Waals surface area contributed by atoms with Gasteiger partial charge in [-0.1, -0.05) is 41.9 Å². The Bertz CT molecular complexity index is 815. The van der Waals surface area contributed by atoms with Crippen LogP contribution in [0.3, 0.4) is 0 Å². The number of benzene rings is 3. The second-order valence-corrected chi connectivity index (χ2v) is 6.32. The summed E-state index contributed by atoms with van der Waals surface area (Å²) in [5, 5.41) is 4.93. The van der Waals surface area contributed by atoms with E-state index in [1.807, 2.05) is 54.6 Å². The van der Waals surface area contributed by atoms with Crippen molar-refractivity contribution in [2.24, 2.45) is 5.10 Å². The van der Waals surface area contributed by atoms with Crippen molar-refractivity contribution in [1.29, 1.82) is 0 Å². The summed E-state index contributed by atoms with van der Waals surface area (Å²) in [6.07, 6.45) is 3.80. The van der Waals surface area contributed by atoms with Crippen LogP contribution in [0.15, 0.2) is 84.0 Å². The van der Waals surface area contributed by atoms with Gasteiger partial charge >= 0.3 is 0 Å². The molecule has 0 atom stereocenters. The molecule has 0 aliphatic carbocycles. The molecule has 0 aromatic heterocycles. The molecular formula is C22H21ClN2O. The second-order valence-electron chi connectivity index (χ2n) is 5.88. The van der Waals surface area contributed by atoms with Crippen LogP contribution < -0.4 is 10.2 Å². The topological polar surface area (TPSA) is 33.6 Å². The van der Waals surface area contributed by atoms with Crippen molar-refractivity contribution in [2.75, 3.05) is 12.0 Å². The zero-order valence-electron chi connectivity index (χ0n) is 14.4. The van der Waals surface area contributed by atoms with E-state index in [0.29, 0.717) is 11.6 Å². The largest absolute Gasteiger partial charge is 0.494 e. The number of nitrogens with one attached hydrogen (secondary N) is 1. The van der Waals surface area contributed by atoms with Crippen LogP contribution in [0.1, 0.15) is 17.5 Å². The molecule has 0 unspecified atom stereocenters. The van der Waals surface area contributed by atoms with Crippen molar-refractivity contribution in [1.82, 2.24) is 0 Å². The first-order valence-electron chi connectivity index (χ1n) is 8.61. The van der Waals surface area contributed by atoms with Gasteiger partial charge in [0.15, 0.2) is 0 Å². The minimum absolute atomic E-state index is 0.707. The summed E-state index contributed by atoms with van der Waals surface area (Å²) in [6, 6.07) is 25.8. The fourth-order valence-electron chi connectivity index (χ4n) is 2.47. The Labute approximate surface area is 159 Å². The maximum atomic E-state index is 5.85. The van der Waals surface area contributed by atoms with Crippen LogP contribution in [0.25, 0.3) is 0 Å². The van der Waals surface area contributed by atoms with E-state index in [9.17, 15) is 0 Å². The zero-order chi connectivity index (χ0) is 18.0. The van der Waals surface area contributed by atoms with E-state index >= 15 is 0 Å². The van der Waals surface area contributed by atoms with Crippen molar-refractivity contribution in [3.8, 4) is 5.75 Å². The number of anilines is 1. The summed E-state index contributed by atoms with van der Waals surface area (Å²) in [4.78, 5) is 0. The van der Waals surface area contributed by atoms with Gasteiger partial charge in [-0.05, 0) is 72.5 Å². The first-order valence-corrected chi connectivity index (χ1v) is 8.99. The van der Waals surface area contributed by atoms with Crippen LogP contribution in [0.2, 0.25) is 5.02 Å². The maximum Gasteiger partial charge on any atom is 0.119 e. The summed E-state index contributed by atoms with van der Waals surface area (Å²) in [6.45, 7) is 0.709. The fraction of sp³-hybridized carbons (Fsp3) is 0.136. The molecule has 0 heterocycles. The highest BCUT2D eigenvalue weighted by Gasteiger charge is 1.96. The van der Waals surface area contributed by atoms with Gasteiger partial charge in [0.05, 0.1) is 18.5 Å². The molecule has 0 saturated heterocycles. The number of hydrogen-bond acceptors (Lipinski definition) is 3. The quantitative estimate of drug-likeness (QED) is 0.311. The number of rotatable bonds is 8. The van der Waals surface area contributed by atoms with Gasteiger partial charge in [-0.3, -0.25) is 5.43 Å². The van der Waals surface area contributed by atoms with Gasteiger partial charge in [-0.25, -0.2) is 0 Å². The lowest BCUT2D eigenvalue weighted by molar-refractivity contribution is 0.311. The molecule has 132 valence electrons. The molecule has 1 N–H and O–H groups in total. The Morgan fingerprint density at radius 3 is 2.35 bits per heavy atom. The van der Waals surface area contributed by atoms with Gasteiger partial charge in [0.1, 0.15) is 5.75 Å². The first kappa shape index (κ1) is 18.0. The van der Waals surface area contributed by atoms with E-state index in [1.54, 1.807) is 6.21 Å². The minimum atomic E-state index is 0.707. The number of hydrogen-bond donors (Lipinski definition) is 1. The Kier molecular flexibility index (Phi) is 6.68. The summed E-state index contributed by atoms with van der Waals surface area (Å²) < 4.78 is 5.80. The van der Waals surface area contributed by atoms with Gasteiger partial charge < -0.3 is 4.74 Å². The van der Waals surface area contributed by atoms with Crippen LogP contribution in [-0.2, 0) is 6.42 Å². The fourth-order valence-corrected chi connectivity index (χ4v) is 2.59. The predicted octanol–water partition coefficient (Wildman–Crippen LogP) is 5.80. The van der Waals surface area contributed by atoms with Crippen molar-refractivity contribution in [2.45, 2.75) is 12.8 Å². The SMILES string of the molecule is Clc1ccc(N/N=C/c2ccc(OCCCc3ccccc3)cc2)cc1. The molecule has 0 radical (unpaired) electrons. The van der Waals surface area contributed by atoms with Gasteiger partial charge in [0.25, 0.3) is 0 Å². The maximum absolute atomic E-state index is 5.85. The zero-order valence-corrected chi connectivity index (χ0v) is 15.2. The highest BCUT2D eigenvalue weighted by Crippen LogP contribution is 2.14. The summed E-state index contributed by atoms with van der Waals surface area (Å²) >= 11 is 5.85. The number of aryl methyl sites for hydroxylation is 1. The predicted molar refractivity (Wildman–Crippen MR) is 109 cm³/mol. The third kappa shape index (κ3) is 5.94. The van der Waals surface area contributed by atoms with E-state index in [2.05, 4.69) is 34.8 Å². The molecule has 0 amide bonds. The average Bonchev–Trinajstić information content (AvgIpc) is 2.69. The van der Waals surface area contributed by atoms with Crippen LogP contribution in [0, 0.1) is 0 Å². The molecule has 0 bridgehead atoms. The average molecular weight is 365 g/mol. The summed E-state index contributed by atoms with van der Waals surface area (Å²) in [5.74, 6) is 0.876. The lowest BCUT2D eigenvalue weighted by atomic mass is 10.1. The monoisotopic (exact) mass is 364 g/mol. The van der Waals surface area contributed by atoms with Gasteiger partial charge in [0.2, 0.25) is 0 Å². The lowest BCUT2D eigenvalue weighted by Crippen LogP contribution is -1.99. The Morgan fingerprint density at radius 1 is 0.885 bits per heavy atom. The number of hydrazone groups is 1. The minimum Gasteiger partial charge on any atom is -0.494 e. The van der Waals surface area contributed by atoms with Crippen LogP contribution in [0.4, 0.5) is 5.69 Å². The lowest BCUT2D eigenvalue weighted by Gasteiger charge is -2.06. The normalized spacial score (nSPS) is 10.8. The van der Waals surface area contributed by atoms with Crippen LogP contribution in [0.5, 0.6) is 5.75 Å². The number of halogens is 1. The third-order valence-electron chi connectivity index (χ3n) is 3.85. The Hall–Kier alpha value is -2.78. The van der Waals surface area contributed by atoms with E-state index in [0.717, 1.165) is 29.8 Å². The van der Waals surface area contributed by atoms with Gasteiger partial charge in [0, 0.05) is 5.02 Å². The van der Waals surface area contributed by atoms with Gasteiger partial charge in [-0.15, -0.1) is 0 Å². The first-order chi connectivity index (χ1) is 12.8. The molecular weight excluding hydrogens is 344 g/mol. The molecule has 0 saturated carbocycles. The van der Waals surface area contributed by atoms with Crippen LogP contribution >= 0.6 is 11.6 Å². The summed E-state index contributed by atoms with van der Waals surface area (Å²) in [5.41, 5.74) is 6.21. The van der Waals surface area contributed by atoms with E-state index in [1.165, 1.54) is 5.56 Å². The summed E-state index contributed by atoms with van der Waals surface area (Å²) in [7, 11) is 0. The number of ether oxygens (including phenoxy) is 1. The van der Waals surface area contributed by atoms with Gasteiger partial charge in [-0.2, -0.15) is 5.10 Å². The second kappa shape index (κ2) is 9.64. The van der Waals surface area contributed by atoms with Crippen LogP contribution in [-0.4, -0.2) is 12.8 Å². The smallest absolute Gasteiger partial charge is 0.119 e. The van der Waals surface area contributed by atoms with Crippen molar-refractivity contribution < 1.29 is 4.74 Å². The highest BCUT2D eigenvalue weighted by atomic mass is 35.5. The third-order valence-corrected chi connectivity index (χ3v) is 4.10. The van der Waals surface area contributed by atoms with E-state index in [-0.39, 0.29) is 0 Å². The van der Waals surface area contributed by atoms with Crippen molar-refractivity contribution in [3.05, 3.63) is 95.0 Å². The molecule has 3 rings (SSSR count). The molecule has 4 heteroatoms. The molecule has 0 fully saturated rings. The highest BCUT2D eigenvalue weighted by molar-refractivity contribution is 6.30. The van der Waals surface area contributed by atoms with Crippen molar-refractivity contribution in [3.63, 3.8) is 0 Å². The molecule has 3 aromatic carbocycles. The molecule has 0 aliphatic heterocycles. The molecule has 0 spiro atoms. The molecule has 0 aliphatic rings. The number of nitrogens with zero attached hydrogens (tertiary/aromatic N) is 1. The Balaban J connectivity index is 1.41. The standard InChI is InChI=1S/C22H21ClN2O/c23-20-10-12-21(13-11-20)25-24-17-19-8-14-22(15-9-19)26-16-4-7-18-5-2-1-3-6-18/h1-3,5-6,8-15,17,25H,4,7,16H2/b24-17+. The molecule has 26 heavy (non-hydrogen) atoms. The molecule has 3 aromatic rings. The van der Waals surface area contributed by atoms with E-state index in [4.69, 9.17) is 16.3 Å². The van der Waals surface area contributed by atoms with Crippen molar-refractivity contribution >= 4 is 23.5 Å². The Morgan fingerprint density at radius 2 is 1.62 bits per heavy atom. The molecule has 3 nitrogen and oxygen atoms in total.